The van der Waals surface area contributed by atoms with Crippen molar-refractivity contribution in [2.24, 2.45) is 11.8 Å². The molecule has 0 aliphatic carbocycles. The molecule has 4 heterocycles. The highest BCUT2D eigenvalue weighted by Crippen LogP contribution is 2.45. The summed E-state index contributed by atoms with van der Waals surface area (Å²) in [6, 6.07) is 9.96. The normalized spacial score (nSPS) is 33.3. The number of piperidine rings is 3. The van der Waals surface area contributed by atoms with Crippen molar-refractivity contribution in [2.45, 2.75) is 51.7 Å². The standard InChI is InChI=1S/C21H29BFNO2/c1-20(2)21(3,4)26-22(25-20)19(23)18(16-8-6-5-7-9-16)17-14-24-12-10-15(17)11-13-24/h5-9,15,17H,10-14H2,1-4H3. The third kappa shape index (κ3) is 3.04. The van der Waals surface area contributed by atoms with Crippen LogP contribution < -0.4 is 0 Å². The van der Waals surface area contributed by atoms with Crippen LogP contribution in [0.4, 0.5) is 4.39 Å². The van der Waals surface area contributed by atoms with Gasteiger partial charge in [0.05, 0.1) is 11.2 Å². The number of fused-ring (bicyclic) bond motifs is 3. The summed E-state index contributed by atoms with van der Waals surface area (Å²) in [6.45, 7) is 11.1. The van der Waals surface area contributed by atoms with Crippen molar-refractivity contribution < 1.29 is 13.7 Å². The summed E-state index contributed by atoms with van der Waals surface area (Å²) in [6.07, 6.45) is 2.30. The Morgan fingerprint density at radius 1 is 1.04 bits per heavy atom. The molecule has 0 saturated carbocycles. The molecule has 4 aliphatic heterocycles. The number of hydrogen-bond donors (Lipinski definition) is 0. The summed E-state index contributed by atoms with van der Waals surface area (Å²) in [5, 5.41) is 0. The number of halogens is 1. The summed E-state index contributed by atoms with van der Waals surface area (Å²) in [4.78, 5) is 2.46. The van der Waals surface area contributed by atoms with Crippen LogP contribution in [0.15, 0.2) is 36.1 Å². The van der Waals surface area contributed by atoms with Crippen molar-refractivity contribution in [3.05, 3.63) is 41.6 Å². The molecule has 4 saturated heterocycles. The average Bonchev–Trinajstić information content (AvgIpc) is 2.85. The minimum atomic E-state index is -0.925. The number of nitrogens with zero attached hydrogens (tertiary/aromatic N) is 1. The quantitative estimate of drug-likeness (QED) is 0.751. The van der Waals surface area contributed by atoms with E-state index in [0.29, 0.717) is 5.92 Å². The first kappa shape index (κ1) is 18.2. The van der Waals surface area contributed by atoms with E-state index in [9.17, 15) is 0 Å². The van der Waals surface area contributed by atoms with Gasteiger partial charge in [0.15, 0.2) is 0 Å². The van der Waals surface area contributed by atoms with Crippen LogP contribution in [0.3, 0.4) is 0 Å². The maximum atomic E-state index is 15.9. The summed E-state index contributed by atoms with van der Waals surface area (Å²) < 4.78 is 27.9. The third-order valence-corrected chi connectivity index (χ3v) is 6.83. The molecule has 4 aliphatic rings. The third-order valence-electron chi connectivity index (χ3n) is 6.83. The van der Waals surface area contributed by atoms with E-state index in [-0.39, 0.29) is 11.6 Å². The van der Waals surface area contributed by atoms with Crippen LogP contribution >= 0.6 is 0 Å². The second kappa shape index (κ2) is 6.47. The maximum Gasteiger partial charge on any atom is 0.525 e. The highest BCUT2D eigenvalue weighted by atomic mass is 19.1. The van der Waals surface area contributed by atoms with Gasteiger partial charge in [-0.1, -0.05) is 30.3 Å². The molecule has 0 N–H and O–H groups in total. The van der Waals surface area contributed by atoms with Crippen LogP contribution in [-0.2, 0) is 9.31 Å². The van der Waals surface area contributed by atoms with Gasteiger partial charge in [0.25, 0.3) is 0 Å². The highest BCUT2D eigenvalue weighted by molar-refractivity contribution is 6.55. The fraction of sp³-hybridized carbons (Fsp3) is 0.619. The number of rotatable bonds is 3. The lowest BCUT2D eigenvalue weighted by atomic mass is 9.69. The second-order valence-corrected chi connectivity index (χ2v) is 8.96. The van der Waals surface area contributed by atoms with Crippen molar-refractivity contribution in [3.8, 4) is 0 Å². The van der Waals surface area contributed by atoms with Gasteiger partial charge in [-0.15, -0.1) is 0 Å². The first-order chi connectivity index (χ1) is 12.3. The Morgan fingerprint density at radius 3 is 2.12 bits per heavy atom. The number of hydrogen-bond acceptors (Lipinski definition) is 3. The molecular weight excluding hydrogens is 328 g/mol. The molecule has 140 valence electrons. The molecule has 1 aromatic rings. The molecule has 2 bridgehead atoms. The molecule has 0 radical (unpaired) electrons. The molecule has 26 heavy (non-hydrogen) atoms. The molecule has 0 aromatic heterocycles. The van der Waals surface area contributed by atoms with E-state index in [4.69, 9.17) is 9.31 Å². The van der Waals surface area contributed by atoms with Gasteiger partial charge in [-0.3, -0.25) is 0 Å². The van der Waals surface area contributed by atoms with E-state index in [1.54, 1.807) is 0 Å². The van der Waals surface area contributed by atoms with E-state index in [1.807, 2.05) is 58.0 Å². The fourth-order valence-electron chi connectivity index (χ4n) is 4.51. The zero-order valence-electron chi connectivity index (χ0n) is 16.3. The zero-order chi connectivity index (χ0) is 18.5. The first-order valence-corrected chi connectivity index (χ1v) is 9.81. The van der Waals surface area contributed by atoms with Gasteiger partial charge in [-0.25, -0.2) is 4.39 Å². The van der Waals surface area contributed by atoms with Gasteiger partial charge in [-0.05, 0) is 70.7 Å². The maximum absolute atomic E-state index is 15.9. The summed E-state index contributed by atoms with van der Waals surface area (Å²) in [7, 11) is -0.925. The first-order valence-electron chi connectivity index (χ1n) is 9.81. The smallest absolute Gasteiger partial charge is 0.398 e. The van der Waals surface area contributed by atoms with E-state index in [1.165, 1.54) is 0 Å². The summed E-state index contributed by atoms with van der Waals surface area (Å²) >= 11 is 0. The molecular formula is C21H29BFNO2. The van der Waals surface area contributed by atoms with Crippen LogP contribution in [-0.4, -0.2) is 42.9 Å². The van der Waals surface area contributed by atoms with Crippen molar-refractivity contribution >= 4 is 12.7 Å². The van der Waals surface area contributed by atoms with Gasteiger partial charge in [-0.2, -0.15) is 0 Å². The lowest BCUT2D eigenvalue weighted by molar-refractivity contribution is 0.00578. The van der Waals surface area contributed by atoms with Crippen LogP contribution in [0.25, 0.3) is 5.57 Å². The Labute approximate surface area is 156 Å². The molecule has 1 aromatic carbocycles. The predicted octanol–water partition coefficient (Wildman–Crippen LogP) is 4.34. The van der Waals surface area contributed by atoms with Crippen molar-refractivity contribution in [1.29, 1.82) is 0 Å². The van der Waals surface area contributed by atoms with E-state index in [0.717, 1.165) is 43.6 Å². The van der Waals surface area contributed by atoms with Crippen LogP contribution in [0.2, 0.25) is 0 Å². The van der Waals surface area contributed by atoms with Gasteiger partial charge < -0.3 is 14.2 Å². The summed E-state index contributed by atoms with van der Waals surface area (Å²) in [5.41, 5.74) is 0.433. The number of benzene rings is 1. The topological polar surface area (TPSA) is 21.7 Å². The van der Waals surface area contributed by atoms with Crippen molar-refractivity contribution in [2.75, 3.05) is 19.6 Å². The van der Waals surface area contributed by atoms with Gasteiger partial charge >= 0.3 is 7.12 Å². The molecule has 0 amide bonds. The second-order valence-electron chi connectivity index (χ2n) is 8.96. The molecule has 4 fully saturated rings. The molecule has 0 spiro atoms. The van der Waals surface area contributed by atoms with Crippen LogP contribution in [0, 0.1) is 11.8 Å². The molecule has 1 unspecified atom stereocenters. The minimum Gasteiger partial charge on any atom is -0.398 e. The van der Waals surface area contributed by atoms with E-state index >= 15 is 4.39 Å². The molecule has 5 rings (SSSR count). The Balaban J connectivity index is 1.74. The lowest BCUT2D eigenvalue weighted by Crippen LogP contribution is -2.48. The van der Waals surface area contributed by atoms with Gasteiger partial charge in [0.1, 0.15) is 5.73 Å². The largest absolute Gasteiger partial charge is 0.525 e. The van der Waals surface area contributed by atoms with Gasteiger partial charge in [0.2, 0.25) is 0 Å². The van der Waals surface area contributed by atoms with E-state index in [2.05, 4.69) is 4.90 Å². The molecule has 3 nitrogen and oxygen atoms in total. The minimum absolute atomic E-state index is 0.207. The Morgan fingerprint density at radius 2 is 1.62 bits per heavy atom. The van der Waals surface area contributed by atoms with Gasteiger partial charge in [0, 0.05) is 12.5 Å². The summed E-state index contributed by atoms with van der Waals surface area (Å²) in [5.74, 6) is 0.752. The van der Waals surface area contributed by atoms with Crippen LogP contribution in [0.1, 0.15) is 46.1 Å². The van der Waals surface area contributed by atoms with Crippen LogP contribution in [0.5, 0.6) is 0 Å². The zero-order valence-corrected chi connectivity index (χ0v) is 16.3. The van der Waals surface area contributed by atoms with Crippen molar-refractivity contribution in [1.82, 2.24) is 4.90 Å². The average molecular weight is 357 g/mol. The van der Waals surface area contributed by atoms with Crippen molar-refractivity contribution in [3.63, 3.8) is 0 Å². The highest BCUT2D eigenvalue weighted by Gasteiger charge is 2.54. The Hall–Kier alpha value is -1.17. The van der Waals surface area contributed by atoms with E-state index < -0.39 is 18.3 Å². The lowest BCUT2D eigenvalue weighted by Gasteiger charge is -2.46. The predicted molar refractivity (Wildman–Crippen MR) is 103 cm³/mol. The fourth-order valence-corrected chi connectivity index (χ4v) is 4.51. The SMILES string of the molecule is CC1(C)OB(C(F)=C(c2ccccc2)C2CN3CCC2CC3)OC1(C)C. The molecule has 1 atom stereocenters. The monoisotopic (exact) mass is 357 g/mol. The Kier molecular flexibility index (Phi) is 4.53. The Bertz CT molecular complexity index is 679. The molecule has 5 heteroatoms.